The first kappa shape index (κ1) is 16.5. The van der Waals surface area contributed by atoms with E-state index in [4.69, 9.17) is 10.5 Å². The third-order valence-electron chi connectivity index (χ3n) is 4.80. The third-order valence-corrected chi connectivity index (χ3v) is 4.80. The van der Waals surface area contributed by atoms with Gasteiger partial charge in [0.05, 0.1) is 17.9 Å². The van der Waals surface area contributed by atoms with E-state index in [0.29, 0.717) is 19.2 Å². The lowest BCUT2D eigenvalue weighted by Crippen LogP contribution is -2.44. The van der Waals surface area contributed by atoms with Gasteiger partial charge >= 0.3 is 0 Å². The molecule has 0 aliphatic heterocycles. The minimum atomic E-state index is -0.119. The van der Waals surface area contributed by atoms with Gasteiger partial charge in [-0.1, -0.05) is 19.8 Å². The van der Waals surface area contributed by atoms with Gasteiger partial charge < -0.3 is 10.5 Å². The van der Waals surface area contributed by atoms with E-state index in [1.807, 2.05) is 16.9 Å². The van der Waals surface area contributed by atoms with Crippen molar-refractivity contribution >= 4 is 0 Å². The van der Waals surface area contributed by atoms with Gasteiger partial charge in [-0.3, -0.25) is 4.68 Å². The van der Waals surface area contributed by atoms with E-state index in [1.54, 1.807) is 0 Å². The summed E-state index contributed by atoms with van der Waals surface area (Å²) in [5, 5.41) is 4.55. The van der Waals surface area contributed by atoms with Gasteiger partial charge in [-0.25, -0.2) is 0 Å². The fourth-order valence-corrected chi connectivity index (χ4v) is 3.28. The average Bonchev–Trinajstić information content (AvgIpc) is 2.96. The van der Waals surface area contributed by atoms with Crippen LogP contribution in [0.25, 0.3) is 0 Å². The molecule has 1 fully saturated rings. The summed E-state index contributed by atoms with van der Waals surface area (Å²) < 4.78 is 8.20. The number of rotatable bonds is 7. The molecule has 1 aliphatic carbocycles. The Labute approximate surface area is 129 Å². The van der Waals surface area contributed by atoms with Crippen molar-refractivity contribution in [1.29, 1.82) is 0 Å². The summed E-state index contributed by atoms with van der Waals surface area (Å²) in [6.45, 7) is 7.74. The Morgan fingerprint density at radius 2 is 2.14 bits per heavy atom. The van der Waals surface area contributed by atoms with Crippen LogP contribution < -0.4 is 5.73 Å². The van der Waals surface area contributed by atoms with Crippen molar-refractivity contribution in [3.8, 4) is 0 Å². The molecule has 0 amide bonds. The molecule has 2 N–H and O–H groups in total. The molecule has 4 heteroatoms. The molecule has 0 saturated heterocycles. The summed E-state index contributed by atoms with van der Waals surface area (Å²) in [5.41, 5.74) is 6.91. The number of ether oxygens (including phenoxy) is 1. The summed E-state index contributed by atoms with van der Waals surface area (Å²) in [5.74, 6) is 0.874. The number of nitrogens with zero attached hydrogens (tertiary/aromatic N) is 2. The van der Waals surface area contributed by atoms with Crippen molar-refractivity contribution in [2.75, 3.05) is 6.54 Å². The second kappa shape index (κ2) is 7.41. The molecule has 1 aliphatic rings. The zero-order chi connectivity index (χ0) is 15.3. The zero-order valence-electron chi connectivity index (χ0n) is 13.8. The molecule has 1 aromatic rings. The monoisotopic (exact) mass is 293 g/mol. The topological polar surface area (TPSA) is 53.1 Å². The standard InChI is InChI=1S/C17H31N3O/c1-4-5-15-6-9-17(13-18,10-7-15)21-12-16-8-11-20(19-16)14(2)3/h8,11,14-15H,4-7,9-10,12-13,18H2,1-3H3. The Bertz CT molecular complexity index is 419. The van der Waals surface area contributed by atoms with E-state index in [0.717, 1.165) is 24.5 Å². The molecule has 2 rings (SSSR count). The van der Waals surface area contributed by atoms with Crippen LogP contribution in [0.1, 0.15) is 71.0 Å². The summed E-state index contributed by atoms with van der Waals surface area (Å²) >= 11 is 0. The normalized spacial score (nSPS) is 26.4. The van der Waals surface area contributed by atoms with Crippen LogP contribution in [0.4, 0.5) is 0 Å². The average molecular weight is 293 g/mol. The maximum absolute atomic E-state index is 6.22. The van der Waals surface area contributed by atoms with Crippen molar-refractivity contribution in [3.05, 3.63) is 18.0 Å². The second-order valence-electron chi connectivity index (χ2n) is 6.79. The lowest BCUT2D eigenvalue weighted by atomic mass is 9.77. The second-order valence-corrected chi connectivity index (χ2v) is 6.79. The van der Waals surface area contributed by atoms with Gasteiger partial charge in [0.25, 0.3) is 0 Å². The highest BCUT2D eigenvalue weighted by Crippen LogP contribution is 2.36. The van der Waals surface area contributed by atoms with E-state index >= 15 is 0 Å². The number of hydrogen-bond donors (Lipinski definition) is 1. The highest BCUT2D eigenvalue weighted by molar-refractivity contribution is 4.99. The molecule has 0 bridgehead atoms. The summed E-state index contributed by atoms with van der Waals surface area (Å²) in [4.78, 5) is 0. The maximum Gasteiger partial charge on any atom is 0.0914 e. The van der Waals surface area contributed by atoms with Crippen molar-refractivity contribution in [1.82, 2.24) is 9.78 Å². The molecule has 4 nitrogen and oxygen atoms in total. The molecule has 1 heterocycles. The van der Waals surface area contributed by atoms with Gasteiger partial charge in [0.1, 0.15) is 0 Å². The van der Waals surface area contributed by atoms with Crippen molar-refractivity contribution in [2.45, 2.75) is 77.5 Å². The summed E-state index contributed by atoms with van der Waals surface area (Å²) in [7, 11) is 0. The Morgan fingerprint density at radius 3 is 2.67 bits per heavy atom. The molecule has 1 aromatic heterocycles. The molecule has 0 unspecified atom stereocenters. The SMILES string of the molecule is CCCC1CCC(CN)(OCc2ccn(C(C)C)n2)CC1. The van der Waals surface area contributed by atoms with Gasteiger partial charge in [0.15, 0.2) is 0 Å². The molecule has 0 aromatic carbocycles. The van der Waals surface area contributed by atoms with E-state index < -0.39 is 0 Å². The van der Waals surface area contributed by atoms with Crippen LogP contribution in [-0.4, -0.2) is 21.9 Å². The Balaban J connectivity index is 1.87. The minimum absolute atomic E-state index is 0.119. The highest BCUT2D eigenvalue weighted by atomic mass is 16.5. The number of nitrogens with two attached hydrogens (primary N) is 1. The Kier molecular flexibility index (Phi) is 5.82. The molecule has 0 atom stereocenters. The van der Waals surface area contributed by atoms with Gasteiger partial charge in [-0.2, -0.15) is 5.10 Å². The molecule has 120 valence electrons. The predicted octanol–water partition coefficient (Wildman–Crippen LogP) is 3.67. The Hall–Kier alpha value is -0.870. The maximum atomic E-state index is 6.22. The quantitative estimate of drug-likeness (QED) is 0.834. The smallest absolute Gasteiger partial charge is 0.0914 e. The molecular formula is C17H31N3O. The van der Waals surface area contributed by atoms with E-state index in [2.05, 4.69) is 25.9 Å². The molecular weight excluding hydrogens is 262 g/mol. The van der Waals surface area contributed by atoms with E-state index in [9.17, 15) is 0 Å². The molecule has 0 radical (unpaired) electrons. The lowest BCUT2D eigenvalue weighted by Gasteiger charge is -2.39. The first-order valence-corrected chi connectivity index (χ1v) is 8.46. The first-order chi connectivity index (χ1) is 10.1. The highest BCUT2D eigenvalue weighted by Gasteiger charge is 2.34. The van der Waals surface area contributed by atoms with Gasteiger partial charge in [0.2, 0.25) is 0 Å². The fourth-order valence-electron chi connectivity index (χ4n) is 3.28. The molecule has 1 saturated carbocycles. The summed E-state index contributed by atoms with van der Waals surface area (Å²) in [6, 6.07) is 2.44. The van der Waals surface area contributed by atoms with Crippen LogP contribution in [0.5, 0.6) is 0 Å². The van der Waals surface area contributed by atoms with E-state index in [1.165, 1.54) is 25.7 Å². The third kappa shape index (κ3) is 4.30. The lowest BCUT2D eigenvalue weighted by molar-refractivity contribution is -0.0827. The Morgan fingerprint density at radius 1 is 1.43 bits per heavy atom. The number of aromatic nitrogens is 2. The largest absolute Gasteiger partial charge is 0.367 e. The predicted molar refractivity (Wildman–Crippen MR) is 86.1 cm³/mol. The fraction of sp³-hybridized carbons (Fsp3) is 0.824. The van der Waals surface area contributed by atoms with Crippen LogP contribution in [0, 0.1) is 5.92 Å². The van der Waals surface area contributed by atoms with Crippen LogP contribution in [0.15, 0.2) is 12.3 Å². The number of hydrogen-bond acceptors (Lipinski definition) is 3. The zero-order valence-corrected chi connectivity index (χ0v) is 13.8. The van der Waals surface area contributed by atoms with Gasteiger partial charge in [-0.15, -0.1) is 0 Å². The van der Waals surface area contributed by atoms with Crippen molar-refractivity contribution in [2.24, 2.45) is 11.7 Å². The van der Waals surface area contributed by atoms with Crippen LogP contribution in [-0.2, 0) is 11.3 Å². The van der Waals surface area contributed by atoms with Crippen molar-refractivity contribution < 1.29 is 4.74 Å². The van der Waals surface area contributed by atoms with Crippen LogP contribution in [0.2, 0.25) is 0 Å². The molecule has 21 heavy (non-hydrogen) atoms. The van der Waals surface area contributed by atoms with E-state index in [-0.39, 0.29) is 5.60 Å². The van der Waals surface area contributed by atoms with Gasteiger partial charge in [0, 0.05) is 18.8 Å². The van der Waals surface area contributed by atoms with Crippen LogP contribution in [0.3, 0.4) is 0 Å². The van der Waals surface area contributed by atoms with Crippen molar-refractivity contribution in [3.63, 3.8) is 0 Å². The summed E-state index contributed by atoms with van der Waals surface area (Å²) in [6.07, 6.45) is 9.36. The molecule has 0 spiro atoms. The van der Waals surface area contributed by atoms with Crippen LogP contribution >= 0.6 is 0 Å². The minimum Gasteiger partial charge on any atom is -0.367 e. The van der Waals surface area contributed by atoms with Gasteiger partial charge in [-0.05, 0) is 51.5 Å². The first-order valence-electron chi connectivity index (χ1n) is 8.46.